The second-order valence-corrected chi connectivity index (χ2v) is 5.36. The number of aryl methyl sites for hydroxylation is 1. The van der Waals surface area contributed by atoms with Gasteiger partial charge in [-0.1, -0.05) is 13.8 Å². The van der Waals surface area contributed by atoms with Crippen molar-refractivity contribution in [2.45, 2.75) is 53.0 Å². The maximum absolute atomic E-state index is 11.4. The van der Waals surface area contributed by atoms with Crippen molar-refractivity contribution in [1.29, 1.82) is 0 Å². The molecule has 0 bridgehead atoms. The van der Waals surface area contributed by atoms with E-state index in [1.807, 2.05) is 13.8 Å². The Kier molecular flexibility index (Phi) is 5.30. The lowest BCUT2D eigenvalue weighted by atomic mass is 10.0. The van der Waals surface area contributed by atoms with E-state index in [9.17, 15) is 4.79 Å². The van der Waals surface area contributed by atoms with Crippen molar-refractivity contribution in [3.63, 3.8) is 0 Å². The smallest absolute Gasteiger partial charge is 0.242 e. The van der Waals surface area contributed by atoms with Gasteiger partial charge in [0, 0.05) is 18.5 Å². The number of carbonyl (C=O) groups excluding carboxylic acids is 1. The summed E-state index contributed by atoms with van der Waals surface area (Å²) in [7, 11) is 0. The Morgan fingerprint density at radius 3 is 2.35 bits per heavy atom. The van der Waals surface area contributed by atoms with Gasteiger partial charge in [0.15, 0.2) is 0 Å². The van der Waals surface area contributed by atoms with Crippen molar-refractivity contribution in [1.82, 2.24) is 9.97 Å². The summed E-state index contributed by atoms with van der Waals surface area (Å²) >= 11 is 0. The minimum atomic E-state index is -0.855. The fraction of sp³-hybridized carbons (Fsp3) is 0.643. The molecular formula is C14H25N5O. The van der Waals surface area contributed by atoms with Crippen LogP contribution in [0.4, 0.5) is 11.6 Å². The summed E-state index contributed by atoms with van der Waals surface area (Å²) in [5.74, 6) is 1.77. The molecule has 1 rings (SSSR count). The summed E-state index contributed by atoms with van der Waals surface area (Å²) in [4.78, 5) is 20.4. The molecule has 6 heteroatoms. The summed E-state index contributed by atoms with van der Waals surface area (Å²) in [6.45, 7) is 10.3. The molecule has 1 heterocycles. The van der Waals surface area contributed by atoms with Crippen molar-refractivity contribution in [2.75, 3.05) is 17.2 Å². The second kappa shape index (κ2) is 6.54. The van der Waals surface area contributed by atoms with E-state index in [1.165, 1.54) is 0 Å². The molecule has 0 aliphatic rings. The summed E-state index contributed by atoms with van der Waals surface area (Å²) in [5.41, 5.74) is 5.43. The summed E-state index contributed by atoms with van der Waals surface area (Å²) in [6.07, 6.45) is 1.74. The van der Waals surface area contributed by atoms with Gasteiger partial charge >= 0.3 is 0 Å². The average Bonchev–Trinajstić information content (AvgIpc) is 2.39. The van der Waals surface area contributed by atoms with Gasteiger partial charge in [-0.15, -0.1) is 0 Å². The van der Waals surface area contributed by atoms with Gasteiger partial charge in [0.25, 0.3) is 0 Å². The van der Waals surface area contributed by atoms with Crippen LogP contribution in [0.5, 0.6) is 0 Å². The molecule has 0 aliphatic carbocycles. The number of hydrogen-bond acceptors (Lipinski definition) is 5. The molecule has 0 saturated heterocycles. The van der Waals surface area contributed by atoms with Crippen LogP contribution in [-0.4, -0.2) is 28.0 Å². The molecule has 0 aliphatic heterocycles. The van der Waals surface area contributed by atoms with Gasteiger partial charge in [-0.2, -0.15) is 0 Å². The number of nitrogens with one attached hydrogen (secondary N) is 2. The Hall–Kier alpha value is -1.85. The van der Waals surface area contributed by atoms with E-state index in [4.69, 9.17) is 5.73 Å². The average molecular weight is 279 g/mol. The van der Waals surface area contributed by atoms with E-state index in [-0.39, 0.29) is 0 Å². The van der Waals surface area contributed by atoms with Gasteiger partial charge in [-0.3, -0.25) is 4.79 Å². The van der Waals surface area contributed by atoms with Crippen LogP contribution in [0.1, 0.15) is 45.5 Å². The zero-order valence-electron chi connectivity index (χ0n) is 13.0. The first-order chi connectivity index (χ1) is 9.31. The van der Waals surface area contributed by atoms with Crippen molar-refractivity contribution in [3.05, 3.63) is 11.4 Å². The number of carbonyl (C=O) groups is 1. The molecule has 1 amide bonds. The third-order valence-electron chi connectivity index (χ3n) is 3.10. The molecule has 0 radical (unpaired) electrons. The predicted octanol–water partition coefficient (Wildman–Crippen LogP) is 1.85. The molecule has 0 saturated carbocycles. The normalized spacial score (nSPS) is 11.2. The monoisotopic (exact) mass is 279 g/mol. The molecule has 0 unspecified atom stereocenters. The van der Waals surface area contributed by atoms with E-state index < -0.39 is 11.4 Å². The van der Waals surface area contributed by atoms with E-state index in [1.54, 1.807) is 13.8 Å². The number of rotatable bonds is 7. The number of nitrogens with zero attached hydrogens (tertiary/aromatic N) is 2. The Bertz CT molecular complexity index is 485. The molecular weight excluding hydrogens is 254 g/mol. The Morgan fingerprint density at radius 2 is 1.85 bits per heavy atom. The van der Waals surface area contributed by atoms with E-state index >= 15 is 0 Å². The zero-order chi connectivity index (χ0) is 15.3. The minimum Gasteiger partial charge on any atom is -0.370 e. The van der Waals surface area contributed by atoms with Gasteiger partial charge in [0.2, 0.25) is 5.91 Å². The molecule has 4 N–H and O–H groups in total. The van der Waals surface area contributed by atoms with Crippen LogP contribution in [0.25, 0.3) is 0 Å². The SMILES string of the molecule is CCCNc1nc(CC)nc(NC(C)(C)C(N)=O)c1C. The first-order valence-electron chi connectivity index (χ1n) is 7.01. The highest BCUT2D eigenvalue weighted by atomic mass is 16.1. The molecule has 0 aromatic carbocycles. The third kappa shape index (κ3) is 3.82. The van der Waals surface area contributed by atoms with Crippen LogP contribution in [0.15, 0.2) is 0 Å². The van der Waals surface area contributed by atoms with E-state index in [2.05, 4.69) is 27.5 Å². The van der Waals surface area contributed by atoms with Crippen molar-refractivity contribution >= 4 is 17.5 Å². The number of hydrogen-bond donors (Lipinski definition) is 3. The van der Waals surface area contributed by atoms with Gasteiger partial charge < -0.3 is 16.4 Å². The molecule has 0 fully saturated rings. The summed E-state index contributed by atoms with van der Waals surface area (Å²) in [5, 5.41) is 6.40. The van der Waals surface area contributed by atoms with E-state index in [0.717, 1.165) is 36.6 Å². The van der Waals surface area contributed by atoms with Crippen LogP contribution in [0.3, 0.4) is 0 Å². The fourth-order valence-corrected chi connectivity index (χ4v) is 1.62. The molecule has 112 valence electrons. The quantitative estimate of drug-likeness (QED) is 0.708. The maximum Gasteiger partial charge on any atom is 0.242 e. The highest BCUT2D eigenvalue weighted by Gasteiger charge is 2.26. The van der Waals surface area contributed by atoms with Gasteiger partial charge in [0.1, 0.15) is 23.0 Å². The largest absolute Gasteiger partial charge is 0.370 e. The third-order valence-corrected chi connectivity index (χ3v) is 3.10. The Labute approximate surface area is 120 Å². The van der Waals surface area contributed by atoms with Crippen LogP contribution < -0.4 is 16.4 Å². The number of aromatic nitrogens is 2. The lowest BCUT2D eigenvalue weighted by Gasteiger charge is -2.25. The van der Waals surface area contributed by atoms with Crippen LogP contribution in [0, 0.1) is 6.92 Å². The lowest BCUT2D eigenvalue weighted by molar-refractivity contribution is -0.121. The highest BCUT2D eigenvalue weighted by molar-refractivity contribution is 5.87. The Balaban J connectivity index is 3.14. The minimum absolute atomic E-state index is 0.420. The van der Waals surface area contributed by atoms with Gasteiger partial charge in [0.05, 0.1) is 0 Å². The number of nitrogens with two attached hydrogens (primary N) is 1. The molecule has 0 atom stereocenters. The topological polar surface area (TPSA) is 92.9 Å². The number of primary amides is 1. The summed E-state index contributed by atoms with van der Waals surface area (Å²) < 4.78 is 0. The molecule has 20 heavy (non-hydrogen) atoms. The van der Waals surface area contributed by atoms with Gasteiger partial charge in [-0.25, -0.2) is 9.97 Å². The molecule has 6 nitrogen and oxygen atoms in total. The fourth-order valence-electron chi connectivity index (χ4n) is 1.62. The van der Waals surface area contributed by atoms with Crippen molar-refractivity contribution in [2.24, 2.45) is 5.73 Å². The van der Waals surface area contributed by atoms with Crippen LogP contribution in [0.2, 0.25) is 0 Å². The lowest BCUT2D eigenvalue weighted by Crippen LogP contribution is -2.45. The highest BCUT2D eigenvalue weighted by Crippen LogP contribution is 2.23. The standard InChI is InChI=1S/C14H25N5O/c1-6-8-16-11-9(3)12(18-10(7-2)17-11)19-14(4,5)13(15)20/h6-8H2,1-5H3,(H2,15,20)(H2,16,17,18,19). The van der Waals surface area contributed by atoms with E-state index in [0.29, 0.717) is 5.82 Å². The van der Waals surface area contributed by atoms with Crippen LogP contribution >= 0.6 is 0 Å². The first-order valence-corrected chi connectivity index (χ1v) is 7.01. The maximum atomic E-state index is 11.4. The molecule has 1 aromatic heterocycles. The number of anilines is 2. The first kappa shape index (κ1) is 16.2. The number of amides is 1. The van der Waals surface area contributed by atoms with Gasteiger partial charge in [-0.05, 0) is 27.2 Å². The summed E-state index contributed by atoms with van der Waals surface area (Å²) in [6, 6.07) is 0. The van der Waals surface area contributed by atoms with Crippen LogP contribution in [-0.2, 0) is 11.2 Å². The van der Waals surface area contributed by atoms with Crippen molar-refractivity contribution in [3.8, 4) is 0 Å². The predicted molar refractivity (Wildman–Crippen MR) is 81.8 cm³/mol. The molecule has 0 spiro atoms. The molecule has 1 aromatic rings. The zero-order valence-corrected chi connectivity index (χ0v) is 13.0. The van der Waals surface area contributed by atoms with Crippen molar-refractivity contribution < 1.29 is 4.79 Å². The second-order valence-electron chi connectivity index (χ2n) is 5.36. The Morgan fingerprint density at radius 1 is 1.25 bits per heavy atom.